The second-order valence-electron chi connectivity index (χ2n) is 7.03. The van der Waals surface area contributed by atoms with E-state index < -0.39 is 0 Å². The second kappa shape index (κ2) is 8.61. The number of carbonyl (C=O) groups excluding carboxylic acids is 1. The number of para-hydroxylation sites is 2. The van der Waals surface area contributed by atoms with Crippen molar-refractivity contribution >= 4 is 11.6 Å². The third-order valence-electron chi connectivity index (χ3n) is 4.97. The van der Waals surface area contributed by atoms with Gasteiger partial charge in [-0.3, -0.25) is 4.79 Å². The SMILES string of the molecule is O=C(N[C@H]1CCCN(c2ccccc2)C1)c1ccc(Oc2ccccc2)cc1. The Bertz CT molecular complexity index is 895. The first-order valence-electron chi connectivity index (χ1n) is 9.72. The maximum absolute atomic E-state index is 12.7. The maximum atomic E-state index is 12.7. The van der Waals surface area contributed by atoms with E-state index in [0.717, 1.165) is 37.4 Å². The molecule has 4 heteroatoms. The predicted octanol–water partition coefficient (Wildman–Crippen LogP) is 4.88. The van der Waals surface area contributed by atoms with Gasteiger partial charge in [0.15, 0.2) is 0 Å². The largest absolute Gasteiger partial charge is 0.457 e. The predicted molar refractivity (Wildman–Crippen MR) is 112 cm³/mol. The molecule has 1 fully saturated rings. The fourth-order valence-corrected chi connectivity index (χ4v) is 3.54. The second-order valence-corrected chi connectivity index (χ2v) is 7.03. The summed E-state index contributed by atoms with van der Waals surface area (Å²) in [7, 11) is 0. The molecule has 1 amide bonds. The van der Waals surface area contributed by atoms with Crippen molar-refractivity contribution in [3.05, 3.63) is 90.5 Å². The van der Waals surface area contributed by atoms with E-state index >= 15 is 0 Å². The number of nitrogens with one attached hydrogen (secondary N) is 1. The van der Waals surface area contributed by atoms with Crippen LogP contribution in [-0.4, -0.2) is 25.0 Å². The summed E-state index contributed by atoms with van der Waals surface area (Å²) in [6.07, 6.45) is 2.08. The number of rotatable bonds is 5. The van der Waals surface area contributed by atoms with Gasteiger partial charge < -0.3 is 15.0 Å². The molecule has 1 aliphatic rings. The summed E-state index contributed by atoms with van der Waals surface area (Å²) in [5.74, 6) is 1.46. The standard InChI is InChI=1S/C24H24N2O2/c27-24(19-13-15-23(16-14-19)28-22-11-5-2-6-12-22)25-20-8-7-17-26(18-20)21-9-3-1-4-10-21/h1-6,9-16,20H,7-8,17-18H2,(H,25,27)/t20-/m0/s1. The molecule has 0 bridgehead atoms. The first-order valence-corrected chi connectivity index (χ1v) is 9.72. The molecule has 3 aromatic carbocycles. The molecule has 1 aliphatic heterocycles. The lowest BCUT2D eigenvalue weighted by atomic mass is 10.0. The van der Waals surface area contributed by atoms with E-state index in [2.05, 4.69) is 34.5 Å². The number of hydrogen-bond acceptors (Lipinski definition) is 3. The average Bonchev–Trinajstić information content (AvgIpc) is 2.76. The van der Waals surface area contributed by atoms with Gasteiger partial charge in [0, 0.05) is 30.4 Å². The number of anilines is 1. The number of hydrogen-bond donors (Lipinski definition) is 1. The van der Waals surface area contributed by atoms with E-state index in [4.69, 9.17) is 4.74 Å². The van der Waals surface area contributed by atoms with Crippen molar-refractivity contribution in [2.24, 2.45) is 0 Å². The van der Waals surface area contributed by atoms with Crippen LogP contribution in [-0.2, 0) is 0 Å². The fraction of sp³-hybridized carbons (Fsp3) is 0.208. The zero-order valence-corrected chi connectivity index (χ0v) is 15.8. The van der Waals surface area contributed by atoms with Crippen molar-refractivity contribution in [1.82, 2.24) is 5.32 Å². The number of carbonyl (C=O) groups is 1. The summed E-state index contributed by atoms with van der Waals surface area (Å²) < 4.78 is 5.79. The minimum atomic E-state index is -0.0360. The zero-order valence-electron chi connectivity index (χ0n) is 15.8. The lowest BCUT2D eigenvalue weighted by molar-refractivity contribution is 0.0933. The van der Waals surface area contributed by atoms with E-state index in [0.29, 0.717) is 5.56 Å². The summed E-state index contributed by atoms with van der Waals surface area (Å²) >= 11 is 0. The number of amides is 1. The highest BCUT2D eigenvalue weighted by atomic mass is 16.5. The van der Waals surface area contributed by atoms with Crippen molar-refractivity contribution in [3.63, 3.8) is 0 Å². The molecule has 28 heavy (non-hydrogen) atoms. The number of ether oxygens (including phenoxy) is 1. The Morgan fingerprint density at radius 1 is 0.857 bits per heavy atom. The van der Waals surface area contributed by atoms with Crippen LogP contribution in [0.5, 0.6) is 11.5 Å². The minimum absolute atomic E-state index is 0.0360. The Balaban J connectivity index is 1.35. The number of benzene rings is 3. The highest BCUT2D eigenvalue weighted by Crippen LogP contribution is 2.22. The third kappa shape index (κ3) is 4.52. The van der Waals surface area contributed by atoms with Gasteiger partial charge in [-0.05, 0) is 61.4 Å². The van der Waals surface area contributed by atoms with Crippen LogP contribution >= 0.6 is 0 Å². The highest BCUT2D eigenvalue weighted by molar-refractivity contribution is 5.94. The van der Waals surface area contributed by atoms with Gasteiger partial charge in [0.1, 0.15) is 11.5 Å². The molecule has 4 rings (SSSR count). The maximum Gasteiger partial charge on any atom is 0.251 e. The Hall–Kier alpha value is -3.27. The molecular formula is C24H24N2O2. The van der Waals surface area contributed by atoms with Gasteiger partial charge >= 0.3 is 0 Å². The molecule has 0 aromatic heterocycles. The lowest BCUT2D eigenvalue weighted by Crippen LogP contribution is -2.47. The molecule has 0 aliphatic carbocycles. The van der Waals surface area contributed by atoms with Crippen LogP contribution in [0.25, 0.3) is 0 Å². The van der Waals surface area contributed by atoms with E-state index in [1.807, 2.05) is 60.7 Å². The minimum Gasteiger partial charge on any atom is -0.457 e. The molecular weight excluding hydrogens is 348 g/mol. The number of piperidine rings is 1. The first-order chi connectivity index (χ1) is 13.8. The summed E-state index contributed by atoms with van der Waals surface area (Å²) in [6.45, 7) is 1.87. The van der Waals surface area contributed by atoms with Crippen molar-refractivity contribution in [1.29, 1.82) is 0 Å². The molecule has 0 spiro atoms. The zero-order chi connectivity index (χ0) is 19.2. The van der Waals surface area contributed by atoms with E-state index in [9.17, 15) is 4.79 Å². The summed E-state index contributed by atoms with van der Waals surface area (Å²) in [5, 5.41) is 3.18. The Kier molecular flexibility index (Phi) is 5.57. The van der Waals surface area contributed by atoms with E-state index in [1.54, 1.807) is 0 Å². The number of nitrogens with zero attached hydrogens (tertiary/aromatic N) is 1. The van der Waals surface area contributed by atoms with Crippen molar-refractivity contribution in [2.75, 3.05) is 18.0 Å². The smallest absolute Gasteiger partial charge is 0.251 e. The van der Waals surface area contributed by atoms with E-state index in [1.165, 1.54) is 5.69 Å². The molecule has 1 atom stereocenters. The Labute approximate surface area is 165 Å². The van der Waals surface area contributed by atoms with Crippen LogP contribution in [0.2, 0.25) is 0 Å². The van der Waals surface area contributed by atoms with Crippen LogP contribution in [0.1, 0.15) is 23.2 Å². The molecule has 4 nitrogen and oxygen atoms in total. The molecule has 0 saturated carbocycles. The van der Waals surface area contributed by atoms with Crippen LogP contribution in [0.3, 0.4) is 0 Å². The summed E-state index contributed by atoms with van der Waals surface area (Å²) in [5.41, 5.74) is 1.86. The van der Waals surface area contributed by atoms with Gasteiger partial charge in [-0.1, -0.05) is 36.4 Å². The quantitative estimate of drug-likeness (QED) is 0.694. The van der Waals surface area contributed by atoms with Crippen molar-refractivity contribution in [3.8, 4) is 11.5 Å². The van der Waals surface area contributed by atoms with Crippen LogP contribution in [0.15, 0.2) is 84.9 Å². The van der Waals surface area contributed by atoms with Gasteiger partial charge in [0.05, 0.1) is 0 Å². The normalized spacial score (nSPS) is 16.4. The molecule has 1 heterocycles. The van der Waals surface area contributed by atoms with Gasteiger partial charge in [0.2, 0.25) is 0 Å². The molecule has 1 N–H and O–H groups in total. The van der Waals surface area contributed by atoms with Crippen LogP contribution in [0, 0.1) is 0 Å². The highest BCUT2D eigenvalue weighted by Gasteiger charge is 2.22. The van der Waals surface area contributed by atoms with E-state index in [-0.39, 0.29) is 11.9 Å². The Morgan fingerprint density at radius 3 is 2.21 bits per heavy atom. The van der Waals surface area contributed by atoms with Gasteiger partial charge in [-0.2, -0.15) is 0 Å². The van der Waals surface area contributed by atoms with Crippen LogP contribution < -0.4 is 15.0 Å². The topological polar surface area (TPSA) is 41.6 Å². The van der Waals surface area contributed by atoms with Crippen molar-refractivity contribution < 1.29 is 9.53 Å². The molecule has 0 radical (unpaired) electrons. The molecule has 142 valence electrons. The van der Waals surface area contributed by atoms with Gasteiger partial charge in [-0.15, -0.1) is 0 Å². The first kappa shape index (κ1) is 18.1. The monoisotopic (exact) mass is 372 g/mol. The van der Waals surface area contributed by atoms with Crippen LogP contribution in [0.4, 0.5) is 5.69 Å². The molecule has 0 unspecified atom stereocenters. The Morgan fingerprint density at radius 2 is 1.50 bits per heavy atom. The summed E-state index contributed by atoms with van der Waals surface area (Å²) in [6, 6.07) is 27.4. The van der Waals surface area contributed by atoms with Gasteiger partial charge in [-0.25, -0.2) is 0 Å². The molecule has 3 aromatic rings. The fourth-order valence-electron chi connectivity index (χ4n) is 3.54. The molecule has 1 saturated heterocycles. The third-order valence-corrected chi connectivity index (χ3v) is 4.97. The summed E-state index contributed by atoms with van der Waals surface area (Å²) in [4.78, 5) is 15.0. The van der Waals surface area contributed by atoms with Crippen molar-refractivity contribution in [2.45, 2.75) is 18.9 Å². The average molecular weight is 372 g/mol. The lowest BCUT2D eigenvalue weighted by Gasteiger charge is -2.34. The van der Waals surface area contributed by atoms with Gasteiger partial charge in [0.25, 0.3) is 5.91 Å².